The second kappa shape index (κ2) is 8.36. The average molecular weight is 491 g/mol. The Morgan fingerprint density at radius 2 is 1.16 bits per heavy atom. The Hall–Kier alpha value is -4.31. The molecule has 2 aliphatic heterocycles. The third-order valence-corrected chi connectivity index (χ3v) is 7.95. The van der Waals surface area contributed by atoms with Crippen LogP contribution in [0.4, 0.5) is 34.1 Å². The molecular weight excluding hydrogens is 461 g/mol. The number of para-hydroxylation sites is 2. The van der Waals surface area contributed by atoms with E-state index in [9.17, 15) is 0 Å². The summed E-state index contributed by atoms with van der Waals surface area (Å²) in [6, 6.07) is 37.1. The van der Waals surface area contributed by atoms with Crippen LogP contribution < -0.4 is 26.3 Å². The van der Waals surface area contributed by atoms with Crippen LogP contribution >= 0.6 is 0 Å². The van der Waals surface area contributed by atoms with E-state index in [0.29, 0.717) is 0 Å². The van der Waals surface area contributed by atoms with Gasteiger partial charge < -0.3 is 9.80 Å². The van der Waals surface area contributed by atoms with Gasteiger partial charge in [0, 0.05) is 40.2 Å². The van der Waals surface area contributed by atoms with Gasteiger partial charge in [0.05, 0.1) is 5.69 Å². The van der Waals surface area contributed by atoms with Crippen LogP contribution in [0.25, 0.3) is 0 Å². The lowest BCUT2D eigenvalue weighted by Crippen LogP contribution is -2.63. The molecule has 3 nitrogen and oxygen atoms in total. The first-order valence-electron chi connectivity index (χ1n) is 13.4. The molecule has 0 atom stereocenters. The van der Waals surface area contributed by atoms with Crippen molar-refractivity contribution in [2.75, 3.05) is 9.80 Å². The molecular formula is C34H30BN3. The quantitative estimate of drug-likeness (QED) is 0.249. The highest BCUT2D eigenvalue weighted by atomic mass is 15.2. The van der Waals surface area contributed by atoms with Crippen molar-refractivity contribution in [3.63, 3.8) is 0 Å². The summed E-state index contributed by atoms with van der Waals surface area (Å²) in [5, 5.41) is 0. The van der Waals surface area contributed by atoms with Gasteiger partial charge in [0.1, 0.15) is 0 Å². The van der Waals surface area contributed by atoms with Crippen molar-refractivity contribution in [1.82, 2.24) is 4.98 Å². The topological polar surface area (TPSA) is 19.4 Å². The zero-order valence-electron chi connectivity index (χ0n) is 22.3. The molecule has 3 heterocycles. The van der Waals surface area contributed by atoms with Crippen molar-refractivity contribution >= 4 is 57.4 Å². The van der Waals surface area contributed by atoms with E-state index in [0.717, 1.165) is 11.3 Å². The molecule has 0 fully saturated rings. The number of nitrogens with zero attached hydrogens (tertiary/aromatic N) is 3. The van der Waals surface area contributed by atoms with E-state index in [2.05, 4.69) is 141 Å². The molecule has 0 unspecified atom stereocenters. The summed E-state index contributed by atoms with van der Waals surface area (Å²) in [5.74, 6) is 0. The van der Waals surface area contributed by atoms with Crippen molar-refractivity contribution in [1.29, 1.82) is 0 Å². The molecule has 38 heavy (non-hydrogen) atoms. The van der Waals surface area contributed by atoms with Gasteiger partial charge in [-0.15, -0.1) is 0 Å². The third-order valence-electron chi connectivity index (χ3n) is 7.95. The fourth-order valence-electron chi connectivity index (χ4n) is 6.35. The second-order valence-electron chi connectivity index (χ2n) is 11.3. The maximum atomic E-state index is 5.17. The Balaban J connectivity index is 1.63. The molecule has 2 aliphatic rings. The van der Waals surface area contributed by atoms with Gasteiger partial charge in [-0.2, -0.15) is 0 Å². The molecule has 5 aromatic rings. The fraction of sp³-hybridized carbons (Fsp3) is 0.147. The number of anilines is 6. The molecule has 0 bridgehead atoms. The zero-order valence-corrected chi connectivity index (χ0v) is 22.3. The maximum absolute atomic E-state index is 5.17. The van der Waals surface area contributed by atoms with Crippen molar-refractivity contribution in [2.45, 2.75) is 33.1 Å². The van der Waals surface area contributed by atoms with Gasteiger partial charge >= 0.3 is 0 Å². The predicted molar refractivity (Wildman–Crippen MR) is 162 cm³/mol. The number of aromatic nitrogens is 1. The lowest BCUT2D eigenvalue weighted by atomic mass is 9.34. The molecule has 0 saturated heterocycles. The Morgan fingerprint density at radius 3 is 1.79 bits per heavy atom. The van der Waals surface area contributed by atoms with Crippen molar-refractivity contribution in [2.24, 2.45) is 0 Å². The number of hydrogen-bond acceptors (Lipinski definition) is 3. The normalized spacial score (nSPS) is 13.6. The molecule has 1 aromatic heterocycles. The van der Waals surface area contributed by atoms with Crippen LogP contribution in [0.15, 0.2) is 109 Å². The minimum atomic E-state index is -0.0472. The Bertz CT molecular complexity index is 1670. The van der Waals surface area contributed by atoms with Crippen LogP contribution in [0.2, 0.25) is 0 Å². The lowest BCUT2D eigenvalue weighted by molar-refractivity contribution is 0.590. The standard InChI is InChI=1S/C34H30BN3/c1-23-13-11-18-27-30(23)35-31-28(37(27)24-14-7-5-8-15-24)19-12-20-29(31)38(25-16-9-6-10-17-25)32-26(34(2,3)4)21-22-36-33(32)35/h5-22H,1-4H3. The third kappa shape index (κ3) is 3.26. The number of benzene rings is 4. The average Bonchev–Trinajstić information content (AvgIpc) is 2.93. The Labute approximate surface area is 225 Å². The van der Waals surface area contributed by atoms with Crippen LogP contribution in [-0.4, -0.2) is 11.7 Å². The Kier molecular flexibility index (Phi) is 5.03. The molecule has 0 radical (unpaired) electrons. The molecule has 4 aromatic carbocycles. The molecule has 7 rings (SSSR count). The summed E-state index contributed by atoms with van der Waals surface area (Å²) in [6.45, 7) is 9.19. The van der Waals surface area contributed by atoms with E-state index in [1.807, 2.05) is 6.20 Å². The molecule has 0 spiro atoms. The molecule has 0 aliphatic carbocycles. The van der Waals surface area contributed by atoms with Crippen LogP contribution in [-0.2, 0) is 5.41 Å². The van der Waals surface area contributed by atoms with E-state index in [4.69, 9.17) is 4.98 Å². The van der Waals surface area contributed by atoms with E-state index in [-0.39, 0.29) is 12.1 Å². The Morgan fingerprint density at radius 1 is 0.605 bits per heavy atom. The summed E-state index contributed by atoms with van der Waals surface area (Å²) < 4.78 is 0. The summed E-state index contributed by atoms with van der Waals surface area (Å²) in [4.78, 5) is 10.1. The number of rotatable bonds is 2. The summed E-state index contributed by atoms with van der Waals surface area (Å²) in [6.07, 6.45) is 2.01. The number of pyridine rings is 1. The van der Waals surface area contributed by atoms with Crippen molar-refractivity contribution in [3.05, 3.63) is 120 Å². The van der Waals surface area contributed by atoms with Crippen LogP contribution in [0.3, 0.4) is 0 Å². The largest absolute Gasteiger partial charge is 0.311 e. The van der Waals surface area contributed by atoms with E-state index >= 15 is 0 Å². The van der Waals surface area contributed by atoms with Crippen LogP contribution in [0.5, 0.6) is 0 Å². The van der Waals surface area contributed by atoms with E-state index in [1.54, 1.807) is 0 Å². The highest BCUT2D eigenvalue weighted by Crippen LogP contribution is 2.46. The number of aryl methyl sites for hydroxylation is 1. The summed E-state index contributed by atoms with van der Waals surface area (Å²) >= 11 is 0. The summed E-state index contributed by atoms with van der Waals surface area (Å²) in [7, 11) is 0. The van der Waals surface area contributed by atoms with Crippen molar-refractivity contribution in [3.8, 4) is 0 Å². The lowest BCUT2D eigenvalue weighted by Gasteiger charge is -2.45. The first-order chi connectivity index (χ1) is 18.4. The highest BCUT2D eigenvalue weighted by Gasteiger charge is 2.46. The molecule has 184 valence electrons. The monoisotopic (exact) mass is 491 g/mol. The maximum Gasteiger partial charge on any atom is 0.275 e. The first-order valence-corrected chi connectivity index (χ1v) is 13.4. The smallest absolute Gasteiger partial charge is 0.275 e. The minimum absolute atomic E-state index is 0.0472. The van der Waals surface area contributed by atoms with Crippen LogP contribution in [0, 0.1) is 6.92 Å². The summed E-state index contributed by atoms with van der Waals surface area (Å²) in [5.41, 5.74) is 13.5. The van der Waals surface area contributed by atoms with Gasteiger partial charge in [-0.25, -0.2) is 0 Å². The highest BCUT2D eigenvalue weighted by molar-refractivity contribution is 7.00. The predicted octanol–water partition coefficient (Wildman–Crippen LogP) is 6.77. The first kappa shape index (κ1) is 22.9. The molecule has 4 heteroatoms. The number of fused-ring (bicyclic) bond motifs is 4. The molecule has 0 amide bonds. The fourth-order valence-corrected chi connectivity index (χ4v) is 6.35. The molecule has 0 saturated carbocycles. The van der Waals surface area contributed by atoms with Gasteiger partial charge in [-0.1, -0.05) is 80.9 Å². The molecule has 0 N–H and O–H groups in total. The van der Waals surface area contributed by atoms with Gasteiger partial charge in [0.25, 0.3) is 6.71 Å². The van der Waals surface area contributed by atoms with Gasteiger partial charge in [-0.3, -0.25) is 4.98 Å². The van der Waals surface area contributed by atoms with Gasteiger partial charge in [-0.05, 0) is 77.4 Å². The second-order valence-corrected chi connectivity index (χ2v) is 11.3. The number of hydrogen-bond donors (Lipinski definition) is 0. The van der Waals surface area contributed by atoms with E-state index < -0.39 is 0 Å². The van der Waals surface area contributed by atoms with E-state index in [1.165, 1.54) is 50.5 Å². The van der Waals surface area contributed by atoms with Crippen LogP contribution in [0.1, 0.15) is 31.9 Å². The zero-order chi connectivity index (χ0) is 26.0. The van der Waals surface area contributed by atoms with Gasteiger partial charge in [0.2, 0.25) is 0 Å². The SMILES string of the molecule is Cc1cccc2c1B1c3nccc(C(C)(C)C)c3N(c3ccccc3)c3cccc(c31)N2c1ccccc1. The van der Waals surface area contributed by atoms with Gasteiger partial charge in [0.15, 0.2) is 0 Å². The minimum Gasteiger partial charge on any atom is -0.311 e. The van der Waals surface area contributed by atoms with Crippen molar-refractivity contribution < 1.29 is 0 Å².